The van der Waals surface area contributed by atoms with E-state index in [4.69, 9.17) is 9.16 Å². The Kier molecular flexibility index (Phi) is 5.18. The molecule has 2 aromatic rings. The van der Waals surface area contributed by atoms with E-state index in [-0.39, 0.29) is 5.75 Å². The first-order chi connectivity index (χ1) is 10.8. The molecule has 0 N–H and O–H groups in total. The van der Waals surface area contributed by atoms with Crippen LogP contribution in [0.3, 0.4) is 0 Å². The monoisotopic (exact) mass is 329 g/mol. The standard InChI is InChI=1S/C17H19NO4Si/c1-23(2,3)22-17(19)21-16-12-8-7-9-14(16)13-18(20)15-10-5-4-6-11-15/h4-13H,1-3H3/b18-13-. The number of benzene rings is 2. The van der Waals surface area contributed by atoms with Crippen LogP contribution in [-0.2, 0) is 4.43 Å². The number of ether oxygens (including phenoxy) is 1. The number of hydrogen-bond donors (Lipinski definition) is 0. The average Bonchev–Trinajstić information content (AvgIpc) is 2.48. The molecule has 2 rings (SSSR count). The van der Waals surface area contributed by atoms with E-state index >= 15 is 0 Å². The van der Waals surface area contributed by atoms with Crippen LogP contribution in [0.2, 0.25) is 19.6 Å². The van der Waals surface area contributed by atoms with Crippen molar-refractivity contribution in [1.29, 1.82) is 0 Å². The van der Waals surface area contributed by atoms with E-state index in [2.05, 4.69) is 0 Å². The molecule has 0 unspecified atom stereocenters. The first-order valence-electron chi connectivity index (χ1n) is 7.21. The zero-order valence-corrected chi connectivity index (χ0v) is 14.4. The van der Waals surface area contributed by atoms with Crippen molar-refractivity contribution < 1.29 is 18.7 Å². The molecule has 0 radical (unpaired) electrons. The highest BCUT2D eigenvalue weighted by Gasteiger charge is 2.22. The molecule has 0 atom stereocenters. The molecule has 6 heteroatoms. The average molecular weight is 329 g/mol. The fourth-order valence-corrected chi connectivity index (χ4v) is 2.36. The summed E-state index contributed by atoms with van der Waals surface area (Å²) in [6.07, 6.45) is 0.620. The Hall–Kier alpha value is -2.60. The molecule has 5 nitrogen and oxygen atoms in total. The van der Waals surface area contributed by atoms with Crippen LogP contribution in [0.25, 0.3) is 0 Å². The number of carbonyl (C=O) groups excluding carboxylic acids is 1. The molecule has 0 aliphatic carbocycles. The Morgan fingerprint density at radius 2 is 1.65 bits per heavy atom. The van der Waals surface area contributed by atoms with Gasteiger partial charge in [0.15, 0.2) is 6.21 Å². The lowest BCUT2D eigenvalue weighted by molar-refractivity contribution is -0.354. The van der Waals surface area contributed by atoms with E-state index in [0.29, 0.717) is 11.3 Å². The highest BCUT2D eigenvalue weighted by atomic mass is 28.4. The molecular formula is C17H19NO4Si. The number of rotatable bonds is 4. The minimum absolute atomic E-state index is 0.285. The quantitative estimate of drug-likeness (QED) is 0.160. The Balaban J connectivity index is 2.23. The minimum Gasteiger partial charge on any atom is -0.618 e. The van der Waals surface area contributed by atoms with Crippen LogP contribution in [0.1, 0.15) is 5.56 Å². The topological polar surface area (TPSA) is 61.6 Å². The van der Waals surface area contributed by atoms with Crippen molar-refractivity contribution in [3.63, 3.8) is 0 Å². The lowest BCUT2D eigenvalue weighted by Crippen LogP contribution is -2.31. The van der Waals surface area contributed by atoms with E-state index in [1.54, 1.807) is 48.5 Å². The molecule has 120 valence electrons. The van der Waals surface area contributed by atoms with Crippen molar-refractivity contribution in [3.8, 4) is 5.75 Å². The third kappa shape index (κ3) is 5.26. The Bertz CT molecular complexity index is 708. The summed E-state index contributed by atoms with van der Waals surface area (Å²) in [7, 11) is -2.03. The fraction of sp³-hybridized carbons (Fsp3) is 0.176. The second-order valence-corrected chi connectivity index (χ2v) is 10.3. The molecule has 0 spiro atoms. The lowest BCUT2D eigenvalue weighted by atomic mass is 10.2. The Morgan fingerprint density at radius 3 is 2.30 bits per heavy atom. The van der Waals surface area contributed by atoms with Crippen molar-refractivity contribution in [2.24, 2.45) is 0 Å². The van der Waals surface area contributed by atoms with Crippen molar-refractivity contribution >= 4 is 26.4 Å². The van der Waals surface area contributed by atoms with Crippen LogP contribution in [0, 0.1) is 5.21 Å². The molecule has 0 aliphatic heterocycles. The summed E-state index contributed by atoms with van der Waals surface area (Å²) in [6, 6.07) is 15.6. The van der Waals surface area contributed by atoms with Crippen molar-refractivity contribution in [3.05, 3.63) is 65.4 Å². The summed E-state index contributed by atoms with van der Waals surface area (Å²) in [5.74, 6) is 0.285. The highest BCUT2D eigenvalue weighted by molar-refractivity contribution is 6.71. The summed E-state index contributed by atoms with van der Waals surface area (Å²) in [5, 5.41) is 12.2. The zero-order chi connectivity index (χ0) is 16.9. The number of carbonyl (C=O) groups is 1. The van der Waals surface area contributed by atoms with Crippen LogP contribution < -0.4 is 4.74 Å². The largest absolute Gasteiger partial charge is 0.618 e. The van der Waals surface area contributed by atoms with Gasteiger partial charge in [-0.15, -0.1) is 0 Å². The summed E-state index contributed by atoms with van der Waals surface area (Å²) in [6.45, 7) is 5.67. The molecule has 0 heterocycles. The van der Waals surface area contributed by atoms with Gasteiger partial charge in [-0.05, 0) is 31.8 Å². The molecule has 0 aromatic heterocycles. The molecular weight excluding hydrogens is 310 g/mol. The second-order valence-electron chi connectivity index (χ2n) is 5.89. The second kappa shape index (κ2) is 7.10. The van der Waals surface area contributed by atoms with Crippen molar-refractivity contribution in [2.45, 2.75) is 19.6 Å². The lowest BCUT2D eigenvalue weighted by Gasteiger charge is -2.17. The summed E-state index contributed by atoms with van der Waals surface area (Å²) < 4.78 is 11.2. The number of hydrogen-bond acceptors (Lipinski definition) is 4. The van der Waals surface area contributed by atoms with Crippen LogP contribution in [-0.4, -0.2) is 25.4 Å². The van der Waals surface area contributed by atoms with Gasteiger partial charge in [0, 0.05) is 12.1 Å². The maximum atomic E-state index is 12.2. The van der Waals surface area contributed by atoms with Crippen molar-refractivity contribution in [1.82, 2.24) is 0 Å². The molecule has 0 bridgehead atoms. The molecule has 23 heavy (non-hydrogen) atoms. The minimum atomic E-state index is -2.03. The smallest absolute Gasteiger partial charge is 0.499 e. The van der Waals surface area contributed by atoms with Crippen molar-refractivity contribution in [2.75, 3.05) is 0 Å². The van der Waals surface area contributed by atoms with E-state index in [1.165, 1.54) is 6.21 Å². The molecule has 0 saturated heterocycles. The van der Waals surface area contributed by atoms with Gasteiger partial charge < -0.3 is 14.4 Å². The van der Waals surface area contributed by atoms with E-state index in [9.17, 15) is 10.0 Å². The van der Waals surface area contributed by atoms with Crippen LogP contribution in [0.5, 0.6) is 5.75 Å². The van der Waals surface area contributed by atoms with Crippen LogP contribution in [0.15, 0.2) is 54.6 Å². The Labute approximate surface area is 136 Å². The van der Waals surface area contributed by atoms with Gasteiger partial charge in [0.05, 0.1) is 5.56 Å². The number of para-hydroxylation sites is 2. The van der Waals surface area contributed by atoms with Gasteiger partial charge in [-0.3, -0.25) is 0 Å². The maximum Gasteiger partial charge on any atom is 0.499 e. The fourth-order valence-electron chi connectivity index (χ4n) is 1.82. The van der Waals surface area contributed by atoms with E-state index in [1.807, 2.05) is 25.7 Å². The first kappa shape index (κ1) is 16.8. The van der Waals surface area contributed by atoms with Gasteiger partial charge in [0.1, 0.15) is 5.75 Å². The molecule has 0 saturated carbocycles. The maximum absolute atomic E-state index is 12.2. The highest BCUT2D eigenvalue weighted by Crippen LogP contribution is 2.19. The molecule has 0 aliphatic rings. The van der Waals surface area contributed by atoms with Gasteiger partial charge in [-0.2, -0.15) is 4.74 Å². The Morgan fingerprint density at radius 1 is 1.04 bits per heavy atom. The molecule has 0 amide bonds. The van der Waals surface area contributed by atoms with Gasteiger partial charge in [0.25, 0.3) is 8.32 Å². The number of nitrogens with zero attached hydrogens (tertiary/aromatic N) is 1. The summed E-state index contributed by atoms with van der Waals surface area (Å²) in [4.78, 5) is 11.8. The van der Waals surface area contributed by atoms with Gasteiger partial charge in [-0.25, -0.2) is 4.79 Å². The summed E-state index contributed by atoms with van der Waals surface area (Å²) in [5.41, 5.74) is 0.992. The first-order valence-corrected chi connectivity index (χ1v) is 10.6. The summed E-state index contributed by atoms with van der Waals surface area (Å²) >= 11 is 0. The third-order valence-electron chi connectivity index (χ3n) is 2.77. The van der Waals surface area contributed by atoms with Gasteiger partial charge >= 0.3 is 6.16 Å². The van der Waals surface area contributed by atoms with E-state index in [0.717, 1.165) is 4.74 Å². The van der Waals surface area contributed by atoms with Gasteiger partial charge in [0.2, 0.25) is 5.69 Å². The van der Waals surface area contributed by atoms with Gasteiger partial charge in [-0.1, -0.05) is 30.3 Å². The van der Waals surface area contributed by atoms with Crippen LogP contribution >= 0.6 is 0 Å². The molecule has 0 fully saturated rings. The van der Waals surface area contributed by atoms with Crippen LogP contribution in [0.4, 0.5) is 10.5 Å². The third-order valence-corrected chi connectivity index (χ3v) is 3.55. The predicted octanol–water partition coefficient (Wildman–Crippen LogP) is 4.30. The normalized spacial score (nSPS) is 11.9. The molecule has 2 aromatic carbocycles. The zero-order valence-electron chi connectivity index (χ0n) is 13.4. The van der Waals surface area contributed by atoms with E-state index < -0.39 is 14.5 Å². The predicted molar refractivity (Wildman–Crippen MR) is 91.8 cm³/mol. The SMILES string of the molecule is C[Si](C)(C)OC(=O)Oc1ccccc1/C=[N+](\[O-])c1ccccc1.